The number of nitrogens with two attached hydrogens (primary N) is 1. The Morgan fingerprint density at radius 1 is 0.615 bits per heavy atom. The summed E-state index contributed by atoms with van der Waals surface area (Å²) in [5, 5.41) is 21.3. The number of benzene rings is 4. The van der Waals surface area contributed by atoms with Gasteiger partial charge in [-0.2, -0.15) is 35.3 Å². The molecule has 1 aromatic heterocycles. The Bertz CT molecular complexity index is 4040. The lowest BCUT2D eigenvalue weighted by atomic mass is 9.81. The van der Waals surface area contributed by atoms with Crippen LogP contribution in [0.1, 0.15) is 185 Å². The normalized spacial score (nSPS) is 20.5. The van der Waals surface area contributed by atoms with Crippen LogP contribution in [0.25, 0.3) is 10.9 Å². The van der Waals surface area contributed by atoms with Crippen molar-refractivity contribution in [3.05, 3.63) is 137 Å². The second-order valence-electron chi connectivity index (χ2n) is 31.7. The SMILES string of the molecule is CCC(C)[C@H](C)CC(=O)[C@H]1CCCN1C(=O)[C@H](CC(=O)[C@@H](CC(=O)O)CC(=O)[C@@H](C)CC(=O)[C@H]1CSCc2cc(CSC[C@H](CC(=O)[C@H](CC(=O)[C@H](CC(C)=O)Cc3c[nH]c4ccccc34)Cc3ccc(O)cc3)C(N)=O)cc(c2)CSC[C@H](C)C(=O)C[C@H](C(C)C)C(=O)N2CCC[C@@H]2C(=O)C1)Cc1ccccc1. The summed E-state index contributed by atoms with van der Waals surface area (Å²) in [7, 11) is 0. The van der Waals surface area contributed by atoms with Gasteiger partial charge in [-0.15, -0.1) is 0 Å². The maximum atomic E-state index is 15.0. The maximum Gasteiger partial charge on any atom is 0.304 e. The van der Waals surface area contributed by atoms with Gasteiger partial charge in [0, 0.05) is 170 Å². The van der Waals surface area contributed by atoms with Gasteiger partial charge < -0.3 is 35.5 Å². The van der Waals surface area contributed by atoms with E-state index in [1.165, 1.54) is 42.6 Å². The summed E-state index contributed by atoms with van der Waals surface area (Å²) >= 11 is 4.41. The van der Waals surface area contributed by atoms with Crippen LogP contribution >= 0.6 is 35.3 Å². The second kappa shape index (κ2) is 42.0. The van der Waals surface area contributed by atoms with E-state index in [9.17, 15) is 72.5 Å². The number of aliphatic carboxylic acids is 1. The summed E-state index contributed by atoms with van der Waals surface area (Å²) in [5.41, 5.74) is 12.0. The molecular formula is C87H112N4O15S3. The van der Waals surface area contributed by atoms with Gasteiger partial charge in [-0.25, -0.2) is 0 Å². The molecule has 2 fully saturated rings. The van der Waals surface area contributed by atoms with Crippen molar-refractivity contribution in [1.29, 1.82) is 0 Å². The highest BCUT2D eigenvalue weighted by molar-refractivity contribution is 7.99. The van der Waals surface area contributed by atoms with Crippen LogP contribution in [0.4, 0.5) is 0 Å². The number of phenols is 1. The highest BCUT2D eigenvalue weighted by Gasteiger charge is 2.43. The quantitative estimate of drug-likeness (QED) is 0.0287. The van der Waals surface area contributed by atoms with E-state index in [0.717, 1.165) is 45.1 Å². The number of ketones is 9. The van der Waals surface area contributed by atoms with Crippen LogP contribution < -0.4 is 5.73 Å². The molecule has 588 valence electrons. The monoisotopic (exact) mass is 1550 g/mol. The molecule has 13 atom stereocenters. The van der Waals surface area contributed by atoms with Crippen molar-refractivity contribution in [3.8, 4) is 5.75 Å². The molecule has 19 nitrogen and oxygen atoms in total. The number of hydrogen-bond acceptors (Lipinski definition) is 17. The number of aromatic hydroxyl groups is 1. The molecule has 1 unspecified atom stereocenters. The lowest BCUT2D eigenvalue weighted by molar-refractivity contribution is -0.145. The summed E-state index contributed by atoms with van der Waals surface area (Å²) in [6.45, 7) is 15.5. The lowest BCUT2D eigenvalue weighted by Crippen LogP contribution is -2.46. The zero-order chi connectivity index (χ0) is 79.2. The predicted octanol–water partition coefficient (Wildman–Crippen LogP) is 13.8. The highest BCUT2D eigenvalue weighted by atomic mass is 32.2. The molecule has 3 aliphatic heterocycles. The minimum absolute atomic E-state index is 0.00990. The van der Waals surface area contributed by atoms with Crippen molar-refractivity contribution in [1.82, 2.24) is 14.8 Å². The largest absolute Gasteiger partial charge is 0.508 e. The molecule has 22 heteroatoms. The second-order valence-corrected chi connectivity index (χ2v) is 34.8. The molecular weight excluding hydrogens is 1440 g/mol. The third-order valence-electron chi connectivity index (χ3n) is 22.7. The van der Waals surface area contributed by atoms with Crippen LogP contribution in [-0.4, -0.2) is 143 Å². The summed E-state index contributed by atoms with van der Waals surface area (Å²) in [5.74, 6) is -11.0. The molecule has 0 spiro atoms. The van der Waals surface area contributed by atoms with E-state index in [1.807, 2.05) is 101 Å². The molecule has 2 saturated heterocycles. The number of carbonyl (C=O) groups is 13. The van der Waals surface area contributed by atoms with Crippen molar-refractivity contribution in [2.24, 2.45) is 76.7 Å². The number of para-hydroxylation sites is 1. The predicted molar refractivity (Wildman–Crippen MR) is 428 cm³/mol. The molecule has 109 heavy (non-hydrogen) atoms. The third kappa shape index (κ3) is 25.6. The summed E-state index contributed by atoms with van der Waals surface area (Å²) in [6.07, 6.45) is 2.98. The molecule has 0 radical (unpaired) electrons. The number of carbonyl (C=O) groups excluding carboxylic acids is 12. The highest BCUT2D eigenvalue weighted by Crippen LogP contribution is 2.36. The Kier molecular flexibility index (Phi) is 33.4. The number of carboxylic acids is 1. The van der Waals surface area contributed by atoms with Crippen LogP contribution in [0.15, 0.2) is 103 Å². The molecule has 5 N–H and O–H groups in total. The molecule has 4 aromatic carbocycles. The Morgan fingerprint density at radius 3 is 1.88 bits per heavy atom. The van der Waals surface area contributed by atoms with Crippen molar-refractivity contribution < 1.29 is 72.5 Å². The Balaban J connectivity index is 0.992. The third-order valence-corrected chi connectivity index (χ3v) is 26.3. The van der Waals surface area contributed by atoms with Gasteiger partial charge in [0.15, 0.2) is 11.6 Å². The van der Waals surface area contributed by atoms with Gasteiger partial charge in [0.25, 0.3) is 0 Å². The number of nitrogens with one attached hydrogen (secondary N) is 1. The average Bonchev–Trinajstić information content (AvgIpc) is 1.73. The van der Waals surface area contributed by atoms with E-state index in [0.29, 0.717) is 79.7 Å². The van der Waals surface area contributed by atoms with Gasteiger partial charge >= 0.3 is 5.97 Å². The first-order valence-electron chi connectivity index (χ1n) is 39.0. The molecule has 8 rings (SSSR count). The maximum absolute atomic E-state index is 15.0. The number of hydrogen-bond donors (Lipinski definition) is 4. The minimum atomic E-state index is -1.34. The van der Waals surface area contributed by atoms with Gasteiger partial charge in [0.1, 0.15) is 46.2 Å². The van der Waals surface area contributed by atoms with Crippen molar-refractivity contribution in [3.63, 3.8) is 0 Å². The number of rotatable bonds is 37. The summed E-state index contributed by atoms with van der Waals surface area (Å²) in [6, 6.07) is 27.8. The molecule has 0 aliphatic carbocycles. The fraction of sp³-hybridized carbons (Fsp3) is 0.552. The number of amides is 3. The molecule has 4 heterocycles. The number of carboxylic acid groups (broad SMARTS) is 1. The molecule has 3 amide bonds. The smallest absolute Gasteiger partial charge is 0.304 e. The molecule has 0 saturated carbocycles. The molecule has 2 bridgehead atoms. The zero-order valence-electron chi connectivity index (χ0n) is 64.7. The van der Waals surface area contributed by atoms with Crippen LogP contribution in [0.3, 0.4) is 0 Å². The Labute approximate surface area is 655 Å². The van der Waals surface area contributed by atoms with Gasteiger partial charge in [-0.1, -0.05) is 134 Å². The van der Waals surface area contributed by atoms with E-state index >= 15 is 0 Å². The number of H-pyrrole nitrogens is 1. The summed E-state index contributed by atoms with van der Waals surface area (Å²) in [4.78, 5) is 190. The van der Waals surface area contributed by atoms with Crippen LogP contribution in [0, 0.1) is 71.0 Å². The standard InChI is InChI=1S/C87H112N4O15S3/c1-9-53(4)54(5)29-82(100)74-21-15-27-90(74)86(105)66(36-58-17-11-10-12-18-58)40-80(98)65(43-84(102)103)38-76(94)55(6)30-78(96)68-41-83(101)75-22-16-28-91(75)87(106)72(52(2)3)44-77(95)56(7)46-107-47-60-32-61(48-108-50-68)34-62(33-60)49-109-51-69(85(88)104)42-81(99)64(35-59-23-25-70(93)26-24-59)39-79(97)63(31-57(8)92)37-67-45-89-73-20-14-13-19-71(67)73/h10-14,17-20,23-26,32-34,45,52-56,63-66,68-69,72,74-75,89,93H,9,15-16,21-22,27-31,35-44,46-51H2,1-8H3,(H2,88,104)(H,102,103)/t53?,54-,55+,56+,63-,64+,65-,66+,68-,69+,72-,74-,75-/m1/s1. The van der Waals surface area contributed by atoms with Crippen molar-refractivity contribution >= 4 is 122 Å². The van der Waals surface area contributed by atoms with E-state index in [1.54, 1.807) is 40.6 Å². The topological polar surface area (TPSA) is 311 Å². The van der Waals surface area contributed by atoms with Crippen LogP contribution in [0.5, 0.6) is 5.75 Å². The van der Waals surface area contributed by atoms with E-state index in [4.69, 9.17) is 5.73 Å². The number of likely N-dealkylation sites (tertiary alicyclic amines) is 1. The van der Waals surface area contributed by atoms with E-state index < -0.39 is 107 Å². The van der Waals surface area contributed by atoms with Crippen LogP contribution in [0.2, 0.25) is 0 Å². The Morgan fingerprint density at radius 2 is 1.22 bits per heavy atom. The number of aromatic nitrogens is 1. The number of nitrogens with zero attached hydrogens (tertiary/aromatic N) is 2. The zero-order valence-corrected chi connectivity index (χ0v) is 67.1. The minimum Gasteiger partial charge on any atom is -0.508 e. The number of fused-ring (bicyclic) bond motifs is 4. The van der Waals surface area contributed by atoms with E-state index in [2.05, 4.69) is 24.9 Å². The van der Waals surface area contributed by atoms with Crippen molar-refractivity contribution in [2.75, 3.05) is 30.3 Å². The number of primary amides is 1. The lowest BCUT2D eigenvalue weighted by Gasteiger charge is -2.31. The first-order chi connectivity index (χ1) is 52.0. The molecule has 3 aliphatic rings. The molecule has 5 aromatic rings. The number of aromatic amines is 1. The van der Waals surface area contributed by atoms with Crippen LogP contribution in [-0.2, 0) is 98.9 Å². The van der Waals surface area contributed by atoms with E-state index in [-0.39, 0.29) is 140 Å². The number of phenolic OH excluding ortho intramolecular Hbond substituents is 1. The first-order valence-corrected chi connectivity index (χ1v) is 42.5. The van der Waals surface area contributed by atoms with Gasteiger partial charge in [-0.3, -0.25) is 57.5 Å². The van der Waals surface area contributed by atoms with Gasteiger partial charge in [-0.05, 0) is 121 Å². The fourth-order valence-corrected chi connectivity index (χ4v) is 18.9. The number of Topliss-reactive ketones (excluding diaryl/α,β-unsaturated/α-hetero) is 9. The number of thioether (sulfide) groups is 3. The Hall–Kier alpha value is -7.82. The van der Waals surface area contributed by atoms with Gasteiger partial charge in [0.2, 0.25) is 17.7 Å². The van der Waals surface area contributed by atoms with Crippen molar-refractivity contribution in [2.45, 2.75) is 200 Å². The first kappa shape index (κ1) is 86.8. The summed E-state index contributed by atoms with van der Waals surface area (Å²) < 4.78 is 0. The average molecular weight is 1550 g/mol. The van der Waals surface area contributed by atoms with Gasteiger partial charge in [0.05, 0.1) is 24.4 Å². The fourth-order valence-electron chi connectivity index (χ4n) is 15.7.